The molecular formula is C28H30N2O6. The van der Waals surface area contributed by atoms with Crippen LogP contribution in [0.1, 0.15) is 44.2 Å². The first kappa shape index (κ1) is 25.0. The van der Waals surface area contributed by atoms with Gasteiger partial charge < -0.3 is 19.1 Å². The summed E-state index contributed by atoms with van der Waals surface area (Å²) in [6.07, 6.45) is 0.607. The Hall–Kier alpha value is -4.07. The third-order valence-corrected chi connectivity index (χ3v) is 6.60. The van der Waals surface area contributed by atoms with Gasteiger partial charge in [0.1, 0.15) is 12.4 Å². The van der Waals surface area contributed by atoms with Crippen molar-refractivity contribution in [1.29, 1.82) is 0 Å². The van der Waals surface area contributed by atoms with Gasteiger partial charge in [0.15, 0.2) is 11.5 Å². The zero-order valence-electron chi connectivity index (χ0n) is 21.2. The Morgan fingerprint density at radius 3 is 2.33 bits per heavy atom. The lowest BCUT2D eigenvalue weighted by molar-refractivity contribution is -0.385. The minimum Gasteiger partial charge on any atom is -0.493 e. The first-order valence-corrected chi connectivity index (χ1v) is 11.7. The average Bonchev–Trinajstić information content (AvgIpc) is 2.85. The van der Waals surface area contributed by atoms with E-state index in [2.05, 4.69) is 6.07 Å². The van der Waals surface area contributed by atoms with E-state index in [-0.39, 0.29) is 18.2 Å². The number of amides is 1. The Morgan fingerprint density at radius 2 is 1.69 bits per heavy atom. The van der Waals surface area contributed by atoms with E-state index in [1.54, 1.807) is 38.2 Å². The topological polar surface area (TPSA) is 91.1 Å². The molecule has 36 heavy (non-hydrogen) atoms. The average molecular weight is 491 g/mol. The molecule has 1 atom stereocenters. The molecule has 0 radical (unpaired) electrons. The van der Waals surface area contributed by atoms with E-state index in [0.29, 0.717) is 35.6 Å². The molecule has 0 N–H and O–H groups in total. The van der Waals surface area contributed by atoms with Gasteiger partial charge in [-0.25, -0.2) is 0 Å². The number of nitrogens with zero attached hydrogens (tertiary/aromatic N) is 2. The minimum atomic E-state index is -0.463. The van der Waals surface area contributed by atoms with Crippen LogP contribution in [-0.2, 0) is 6.42 Å². The molecule has 0 unspecified atom stereocenters. The van der Waals surface area contributed by atoms with Gasteiger partial charge in [0, 0.05) is 23.7 Å². The van der Waals surface area contributed by atoms with Crippen LogP contribution in [0.25, 0.3) is 0 Å². The second-order valence-electron chi connectivity index (χ2n) is 9.01. The van der Waals surface area contributed by atoms with Gasteiger partial charge in [-0.1, -0.05) is 12.1 Å². The van der Waals surface area contributed by atoms with Gasteiger partial charge in [0.25, 0.3) is 11.6 Å². The van der Waals surface area contributed by atoms with E-state index in [4.69, 9.17) is 14.2 Å². The first-order valence-electron chi connectivity index (χ1n) is 11.7. The summed E-state index contributed by atoms with van der Waals surface area (Å²) in [5.41, 5.74) is 4.69. The molecule has 0 saturated carbocycles. The number of aryl methyl sites for hydroxylation is 2. The molecular weight excluding hydrogens is 460 g/mol. The van der Waals surface area contributed by atoms with Crippen LogP contribution < -0.4 is 14.2 Å². The van der Waals surface area contributed by atoms with Crippen LogP contribution in [0.5, 0.6) is 17.2 Å². The monoisotopic (exact) mass is 490 g/mol. The van der Waals surface area contributed by atoms with Crippen molar-refractivity contribution in [2.24, 2.45) is 0 Å². The number of carbonyl (C=O) groups excluding carboxylic acids is 1. The van der Waals surface area contributed by atoms with Crippen molar-refractivity contribution in [3.8, 4) is 17.2 Å². The molecule has 8 heteroatoms. The number of nitro groups is 1. The summed E-state index contributed by atoms with van der Waals surface area (Å²) in [5, 5.41) is 11.5. The van der Waals surface area contributed by atoms with Crippen molar-refractivity contribution >= 4 is 11.6 Å². The summed E-state index contributed by atoms with van der Waals surface area (Å²) in [6, 6.07) is 14.0. The highest BCUT2D eigenvalue weighted by Gasteiger charge is 2.34. The summed E-state index contributed by atoms with van der Waals surface area (Å²) in [5.74, 6) is 1.64. The predicted molar refractivity (Wildman–Crippen MR) is 136 cm³/mol. The number of rotatable bonds is 7. The maximum absolute atomic E-state index is 13.8. The van der Waals surface area contributed by atoms with Gasteiger partial charge in [0.2, 0.25) is 0 Å². The normalized spacial score (nSPS) is 14.7. The Labute approximate surface area is 210 Å². The van der Waals surface area contributed by atoms with E-state index < -0.39 is 11.0 Å². The highest BCUT2D eigenvalue weighted by molar-refractivity contribution is 5.97. The van der Waals surface area contributed by atoms with E-state index in [1.807, 2.05) is 38.1 Å². The fraction of sp³-hybridized carbons (Fsp3) is 0.321. The summed E-state index contributed by atoms with van der Waals surface area (Å²) >= 11 is 0. The molecule has 3 aromatic carbocycles. The van der Waals surface area contributed by atoms with E-state index in [9.17, 15) is 14.9 Å². The Kier molecular flexibility index (Phi) is 7.15. The fourth-order valence-corrected chi connectivity index (χ4v) is 4.85. The van der Waals surface area contributed by atoms with Gasteiger partial charge in [-0.3, -0.25) is 14.9 Å². The quantitative estimate of drug-likeness (QED) is 0.327. The molecule has 1 heterocycles. The standard InChI is InChI=1S/C28H30N2O6/c1-17-11-18(2)13-21(12-17)36-16-25-23-15-27(35-5)26(34-4)14-20(23)9-10-29(25)28(31)22-7-6-8-24(19(22)3)30(32)33/h6-8,11-15,25H,9-10,16H2,1-5H3/t25-/m1/s1. The van der Waals surface area contributed by atoms with Crippen molar-refractivity contribution in [1.82, 2.24) is 4.90 Å². The number of ether oxygens (including phenoxy) is 3. The molecule has 0 bridgehead atoms. The fourth-order valence-electron chi connectivity index (χ4n) is 4.85. The smallest absolute Gasteiger partial charge is 0.273 e. The zero-order valence-corrected chi connectivity index (χ0v) is 21.2. The maximum atomic E-state index is 13.8. The molecule has 0 aromatic heterocycles. The summed E-state index contributed by atoms with van der Waals surface area (Å²) in [4.78, 5) is 26.6. The number of carbonyl (C=O) groups is 1. The van der Waals surface area contributed by atoms with Crippen molar-refractivity contribution in [2.75, 3.05) is 27.4 Å². The Balaban J connectivity index is 1.76. The van der Waals surface area contributed by atoms with Crippen LogP contribution in [0, 0.1) is 30.9 Å². The zero-order chi connectivity index (χ0) is 26.0. The summed E-state index contributed by atoms with van der Waals surface area (Å²) in [6.45, 7) is 6.27. The number of fused-ring (bicyclic) bond motifs is 1. The largest absolute Gasteiger partial charge is 0.493 e. The van der Waals surface area contributed by atoms with Gasteiger partial charge in [0.05, 0.1) is 25.2 Å². The summed E-state index contributed by atoms with van der Waals surface area (Å²) in [7, 11) is 3.16. The van der Waals surface area contributed by atoms with Crippen LogP contribution in [-0.4, -0.2) is 43.1 Å². The molecule has 1 amide bonds. The van der Waals surface area contributed by atoms with Crippen LogP contribution in [0.3, 0.4) is 0 Å². The SMILES string of the molecule is COc1cc2c(cc1OC)[C@@H](COc1cc(C)cc(C)c1)N(C(=O)c1cccc([N+](=O)[O-])c1C)CC2. The van der Waals surface area contributed by atoms with E-state index >= 15 is 0 Å². The van der Waals surface area contributed by atoms with Gasteiger partial charge >= 0.3 is 0 Å². The second-order valence-corrected chi connectivity index (χ2v) is 9.01. The van der Waals surface area contributed by atoms with Crippen LogP contribution in [0.15, 0.2) is 48.5 Å². The number of methoxy groups -OCH3 is 2. The molecule has 0 spiro atoms. The van der Waals surface area contributed by atoms with Crippen molar-refractivity contribution in [3.63, 3.8) is 0 Å². The van der Waals surface area contributed by atoms with Gasteiger partial charge in [-0.05, 0) is 79.8 Å². The first-order chi connectivity index (χ1) is 17.2. The molecule has 0 saturated heterocycles. The number of benzene rings is 3. The molecule has 8 nitrogen and oxygen atoms in total. The van der Waals surface area contributed by atoms with Crippen molar-refractivity contribution in [3.05, 3.63) is 92.0 Å². The van der Waals surface area contributed by atoms with E-state index in [0.717, 1.165) is 28.0 Å². The molecule has 3 aromatic rings. The molecule has 0 fully saturated rings. The maximum Gasteiger partial charge on any atom is 0.273 e. The Morgan fingerprint density at radius 1 is 1.03 bits per heavy atom. The van der Waals surface area contributed by atoms with E-state index in [1.165, 1.54) is 6.07 Å². The van der Waals surface area contributed by atoms with Crippen molar-refractivity contribution in [2.45, 2.75) is 33.2 Å². The summed E-state index contributed by atoms with van der Waals surface area (Å²) < 4.78 is 17.3. The van der Waals surface area contributed by atoms with Crippen LogP contribution in [0.2, 0.25) is 0 Å². The predicted octanol–water partition coefficient (Wildman–Crippen LogP) is 5.36. The highest BCUT2D eigenvalue weighted by Crippen LogP contribution is 2.39. The molecule has 1 aliphatic heterocycles. The third kappa shape index (κ3) is 4.84. The molecule has 188 valence electrons. The number of nitro benzene ring substituents is 1. The molecule has 1 aliphatic rings. The highest BCUT2D eigenvalue weighted by atomic mass is 16.6. The Bertz CT molecular complexity index is 1300. The van der Waals surface area contributed by atoms with Crippen LogP contribution in [0.4, 0.5) is 5.69 Å². The molecule has 4 rings (SSSR count). The number of hydrogen-bond acceptors (Lipinski definition) is 6. The lowest BCUT2D eigenvalue weighted by Gasteiger charge is -2.38. The van der Waals surface area contributed by atoms with Gasteiger partial charge in [-0.2, -0.15) is 0 Å². The number of hydrogen-bond donors (Lipinski definition) is 0. The molecule has 0 aliphatic carbocycles. The third-order valence-electron chi connectivity index (χ3n) is 6.60. The van der Waals surface area contributed by atoms with Gasteiger partial charge in [-0.15, -0.1) is 0 Å². The lowest BCUT2D eigenvalue weighted by Crippen LogP contribution is -2.42. The van der Waals surface area contributed by atoms with Crippen LogP contribution >= 0.6 is 0 Å². The minimum absolute atomic E-state index is 0.0762. The lowest BCUT2D eigenvalue weighted by atomic mass is 9.91. The second kappa shape index (κ2) is 10.3. The van der Waals surface area contributed by atoms with Crippen molar-refractivity contribution < 1.29 is 23.9 Å².